The quantitative estimate of drug-likeness (QED) is 0.652. The van der Waals surface area contributed by atoms with E-state index < -0.39 is 0 Å². The number of aryl methyl sites for hydroxylation is 1. The molecule has 0 aromatic heterocycles. The van der Waals surface area contributed by atoms with E-state index in [4.69, 9.17) is 0 Å². The maximum atomic E-state index is 2.42. The second kappa shape index (κ2) is 5.03. The average Bonchev–Trinajstić information content (AvgIpc) is 2.28. The summed E-state index contributed by atoms with van der Waals surface area (Å²) >= 11 is 0. The van der Waals surface area contributed by atoms with Crippen molar-refractivity contribution in [3.05, 3.63) is 34.9 Å². The first kappa shape index (κ1) is 13.3. The first-order valence-electron chi connectivity index (χ1n) is 6.53. The molecule has 0 nitrogen and oxygen atoms in total. The van der Waals surface area contributed by atoms with Crippen molar-refractivity contribution >= 4 is 0 Å². The molecule has 1 atom stereocenters. The molecule has 0 spiro atoms. The molecule has 90 valence electrons. The van der Waals surface area contributed by atoms with Gasteiger partial charge in [0.2, 0.25) is 0 Å². The molecule has 0 aliphatic heterocycles. The van der Waals surface area contributed by atoms with Crippen molar-refractivity contribution in [2.45, 2.75) is 65.7 Å². The van der Waals surface area contributed by atoms with Crippen LogP contribution in [0.1, 0.15) is 70.1 Å². The summed E-state index contributed by atoms with van der Waals surface area (Å²) in [4.78, 5) is 0. The van der Waals surface area contributed by atoms with Crippen molar-refractivity contribution in [2.24, 2.45) is 0 Å². The summed E-state index contributed by atoms with van der Waals surface area (Å²) in [5.74, 6) is 0.674. The van der Waals surface area contributed by atoms with Crippen LogP contribution in [0.15, 0.2) is 18.2 Å². The minimum absolute atomic E-state index is 0.301. The Morgan fingerprint density at radius 2 is 1.81 bits per heavy atom. The van der Waals surface area contributed by atoms with E-state index in [9.17, 15) is 0 Å². The summed E-state index contributed by atoms with van der Waals surface area (Å²) < 4.78 is 0. The summed E-state index contributed by atoms with van der Waals surface area (Å²) in [6.07, 6.45) is 2.41. The van der Waals surface area contributed by atoms with Crippen molar-refractivity contribution in [2.75, 3.05) is 0 Å². The Morgan fingerprint density at radius 3 is 2.31 bits per heavy atom. The summed E-state index contributed by atoms with van der Waals surface area (Å²) in [6.45, 7) is 13.7. The number of hydrogen-bond donors (Lipinski definition) is 0. The van der Waals surface area contributed by atoms with E-state index in [2.05, 4.69) is 59.7 Å². The minimum Gasteiger partial charge on any atom is -0.0648 e. The molecular formula is C16H26. The van der Waals surface area contributed by atoms with Gasteiger partial charge in [0.25, 0.3) is 0 Å². The highest BCUT2D eigenvalue weighted by Crippen LogP contribution is 2.31. The maximum absolute atomic E-state index is 2.42. The van der Waals surface area contributed by atoms with Crippen molar-refractivity contribution in [1.82, 2.24) is 0 Å². The summed E-state index contributed by atoms with van der Waals surface area (Å²) in [5.41, 5.74) is 4.75. The standard InChI is InChI=1S/C16H26/c1-7-12(3)15-11-14(10-9-13(15)4)16(5,6)8-2/h9-12H,7-8H2,1-6H3. The largest absolute Gasteiger partial charge is 0.0648 e. The highest BCUT2D eigenvalue weighted by atomic mass is 14.2. The lowest BCUT2D eigenvalue weighted by Crippen LogP contribution is -2.16. The third-order valence-corrected chi connectivity index (χ3v) is 4.09. The van der Waals surface area contributed by atoms with Crippen LogP contribution in [-0.4, -0.2) is 0 Å². The van der Waals surface area contributed by atoms with Crippen LogP contribution < -0.4 is 0 Å². The van der Waals surface area contributed by atoms with Gasteiger partial charge >= 0.3 is 0 Å². The lowest BCUT2D eigenvalue weighted by Gasteiger charge is -2.25. The van der Waals surface area contributed by atoms with Crippen molar-refractivity contribution in [3.63, 3.8) is 0 Å². The molecule has 0 saturated carbocycles. The predicted molar refractivity (Wildman–Crippen MR) is 73.2 cm³/mol. The number of benzene rings is 1. The molecule has 0 radical (unpaired) electrons. The van der Waals surface area contributed by atoms with Crippen LogP contribution in [0.25, 0.3) is 0 Å². The molecule has 0 heteroatoms. The van der Waals surface area contributed by atoms with Crippen LogP contribution in [0.5, 0.6) is 0 Å². The van der Waals surface area contributed by atoms with Gasteiger partial charge in [0, 0.05) is 0 Å². The van der Waals surface area contributed by atoms with Gasteiger partial charge in [0.05, 0.1) is 0 Å². The van der Waals surface area contributed by atoms with E-state index in [-0.39, 0.29) is 0 Å². The fourth-order valence-electron chi connectivity index (χ4n) is 2.02. The Hall–Kier alpha value is -0.780. The topological polar surface area (TPSA) is 0 Å². The minimum atomic E-state index is 0.301. The van der Waals surface area contributed by atoms with E-state index in [1.54, 1.807) is 0 Å². The van der Waals surface area contributed by atoms with E-state index >= 15 is 0 Å². The molecule has 0 amide bonds. The van der Waals surface area contributed by atoms with Crippen molar-refractivity contribution in [1.29, 1.82) is 0 Å². The lowest BCUT2D eigenvalue weighted by atomic mass is 9.79. The molecule has 0 saturated heterocycles. The first-order valence-corrected chi connectivity index (χ1v) is 6.53. The van der Waals surface area contributed by atoms with E-state index in [0.717, 1.165) is 0 Å². The summed E-state index contributed by atoms with van der Waals surface area (Å²) in [6, 6.07) is 7.01. The zero-order chi connectivity index (χ0) is 12.3. The first-order chi connectivity index (χ1) is 7.42. The van der Waals surface area contributed by atoms with Gasteiger partial charge < -0.3 is 0 Å². The van der Waals surface area contributed by atoms with Crippen LogP contribution in [0.3, 0.4) is 0 Å². The van der Waals surface area contributed by atoms with E-state index in [1.807, 2.05) is 0 Å². The van der Waals surface area contributed by atoms with Crippen LogP contribution in [-0.2, 0) is 5.41 Å². The molecule has 16 heavy (non-hydrogen) atoms. The molecule has 1 rings (SSSR count). The van der Waals surface area contributed by atoms with E-state index in [1.165, 1.54) is 29.5 Å². The zero-order valence-electron chi connectivity index (χ0n) is 11.7. The second-order valence-corrected chi connectivity index (χ2v) is 5.62. The van der Waals surface area contributed by atoms with Gasteiger partial charge in [-0.3, -0.25) is 0 Å². The number of hydrogen-bond acceptors (Lipinski definition) is 0. The van der Waals surface area contributed by atoms with Gasteiger partial charge in [-0.15, -0.1) is 0 Å². The molecule has 0 bridgehead atoms. The summed E-state index contributed by atoms with van der Waals surface area (Å²) in [5, 5.41) is 0. The van der Waals surface area contributed by atoms with Gasteiger partial charge in [-0.1, -0.05) is 52.8 Å². The van der Waals surface area contributed by atoms with Gasteiger partial charge in [0.15, 0.2) is 0 Å². The Bertz CT molecular complexity index is 347. The predicted octanol–water partition coefficient (Wildman–Crippen LogP) is 5.20. The van der Waals surface area contributed by atoms with Crippen LogP contribution in [0, 0.1) is 6.92 Å². The Balaban J connectivity index is 3.17. The molecular weight excluding hydrogens is 192 g/mol. The lowest BCUT2D eigenvalue weighted by molar-refractivity contribution is 0.505. The van der Waals surface area contributed by atoms with Crippen LogP contribution in [0.2, 0.25) is 0 Å². The van der Waals surface area contributed by atoms with Crippen molar-refractivity contribution < 1.29 is 0 Å². The molecule has 1 unspecified atom stereocenters. The molecule has 1 aromatic rings. The van der Waals surface area contributed by atoms with Gasteiger partial charge in [-0.2, -0.15) is 0 Å². The van der Waals surface area contributed by atoms with Crippen LogP contribution >= 0.6 is 0 Å². The van der Waals surface area contributed by atoms with Crippen molar-refractivity contribution in [3.8, 4) is 0 Å². The second-order valence-electron chi connectivity index (χ2n) is 5.62. The summed E-state index contributed by atoms with van der Waals surface area (Å²) in [7, 11) is 0. The fourth-order valence-corrected chi connectivity index (χ4v) is 2.02. The maximum Gasteiger partial charge on any atom is -0.0106 e. The normalized spacial score (nSPS) is 13.9. The molecule has 0 fully saturated rings. The molecule has 1 aromatic carbocycles. The van der Waals surface area contributed by atoms with Gasteiger partial charge in [0.1, 0.15) is 0 Å². The Labute approximate surface area is 101 Å². The van der Waals surface area contributed by atoms with E-state index in [0.29, 0.717) is 11.3 Å². The van der Waals surface area contributed by atoms with Gasteiger partial charge in [-0.05, 0) is 47.8 Å². The SMILES string of the molecule is CCC(C)c1cc(C(C)(C)CC)ccc1C. The highest BCUT2D eigenvalue weighted by molar-refractivity contribution is 5.36. The van der Waals surface area contributed by atoms with Gasteiger partial charge in [-0.25, -0.2) is 0 Å². The smallest absolute Gasteiger partial charge is 0.0106 e. The number of rotatable bonds is 4. The Kier molecular flexibility index (Phi) is 4.18. The monoisotopic (exact) mass is 218 g/mol. The Morgan fingerprint density at radius 1 is 1.19 bits per heavy atom. The molecule has 0 aliphatic carbocycles. The molecule has 0 aliphatic rings. The average molecular weight is 218 g/mol. The highest BCUT2D eigenvalue weighted by Gasteiger charge is 2.19. The molecule has 0 N–H and O–H groups in total. The zero-order valence-corrected chi connectivity index (χ0v) is 11.7. The third kappa shape index (κ3) is 2.66. The van der Waals surface area contributed by atoms with Crippen LogP contribution in [0.4, 0.5) is 0 Å². The fraction of sp³-hybridized carbons (Fsp3) is 0.625. The third-order valence-electron chi connectivity index (χ3n) is 4.09. The molecule has 0 heterocycles.